The number of carbonyl (C=O) groups is 3. The van der Waals surface area contributed by atoms with Crippen LogP contribution in [0.25, 0.3) is 0 Å². The lowest BCUT2D eigenvalue weighted by atomic mass is 10.2. The van der Waals surface area contributed by atoms with Gasteiger partial charge < -0.3 is 5.32 Å². The predicted molar refractivity (Wildman–Crippen MR) is 93.7 cm³/mol. The average molecular weight is 358 g/mol. The number of benzene rings is 1. The van der Waals surface area contributed by atoms with E-state index in [1.54, 1.807) is 30.3 Å². The Kier molecular flexibility index (Phi) is 4.81. The number of pyridine rings is 1. The van der Waals surface area contributed by atoms with Gasteiger partial charge in [-0.05, 0) is 43.2 Å². The number of rotatable bonds is 5. The molecule has 128 valence electrons. The number of hydrogen-bond donors (Lipinski definition) is 1. The summed E-state index contributed by atoms with van der Waals surface area (Å²) in [4.78, 5) is 41.6. The third-order valence-electron chi connectivity index (χ3n) is 4.06. The molecule has 6 nitrogen and oxygen atoms in total. The van der Waals surface area contributed by atoms with E-state index in [0.717, 1.165) is 10.5 Å². The molecule has 2 aromatic rings. The highest BCUT2D eigenvalue weighted by Crippen LogP contribution is 2.23. The maximum absolute atomic E-state index is 12.2. The zero-order valence-corrected chi connectivity index (χ0v) is 14.3. The minimum atomic E-state index is -0.410. The molecule has 2 heterocycles. The molecule has 0 radical (unpaired) electrons. The quantitative estimate of drug-likeness (QED) is 0.834. The van der Waals surface area contributed by atoms with E-state index in [-0.39, 0.29) is 30.5 Å². The van der Waals surface area contributed by atoms with Crippen molar-refractivity contribution in [2.75, 3.05) is 11.9 Å². The van der Waals surface area contributed by atoms with E-state index in [9.17, 15) is 14.4 Å². The molecule has 7 heteroatoms. The van der Waals surface area contributed by atoms with Gasteiger partial charge in [0, 0.05) is 29.9 Å². The van der Waals surface area contributed by atoms with E-state index in [0.29, 0.717) is 22.7 Å². The van der Waals surface area contributed by atoms with Crippen molar-refractivity contribution in [3.63, 3.8) is 0 Å². The van der Waals surface area contributed by atoms with Crippen molar-refractivity contribution < 1.29 is 14.4 Å². The van der Waals surface area contributed by atoms with Gasteiger partial charge in [-0.25, -0.2) is 0 Å². The zero-order valence-electron chi connectivity index (χ0n) is 13.6. The first-order valence-corrected chi connectivity index (χ1v) is 8.23. The number of anilines is 1. The van der Waals surface area contributed by atoms with Gasteiger partial charge >= 0.3 is 0 Å². The summed E-state index contributed by atoms with van der Waals surface area (Å²) in [7, 11) is 0. The normalized spacial score (nSPS) is 13.1. The monoisotopic (exact) mass is 357 g/mol. The number of carbonyl (C=O) groups excluding carboxylic acids is 3. The highest BCUT2D eigenvalue weighted by atomic mass is 35.5. The topological polar surface area (TPSA) is 79.4 Å². The maximum Gasteiger partial charge on any atom is 0.280 e. The van der Waals surface area contributed by atoms with Gasteiger partial charge in [-0.3, -0.25) is 24.3 Å². The van der Waals surface area contributed by atoms with Crippen molar-refractivity contribution in [3.05, 3.63) is 58.4 Å². The van der Waals surface area contributed by atoms with Crippen LogP contribution in [-0.4, -0.2) is 34.2 Å². The van der Waals surface area contributed by atoms with Gasteiger partial charge in [-0.15, -0.1) is 0 Å². The molecule has 3 rings (SSSR count). The SMILES string of the molecule is Cc1c(Cl)cccc1NC(=O)CCCN1C(=O)c2cccnc2C1=O. The number of aromatic nitrogens is 1. The molecule has 0 saturated heterocycles. The Morgan fingerprint density at radius 2 is 2.00 bits per heavy atom. The number of nitrogens with zero attached hydrogens (tertiary/aromatic N) is 2. The summed E-state index contributed by atoms with van der Waals surface area (Å²) >= 11 is 6.03. The molecule has 0 bridgehead atoms. The van der Waals surface area contributed by atoms with E-state index >= 15 is 0 Å². The van der Waals surface area contributed by atoms with Crippen LogP contribution in [0, 0.1) is 6.92 Å². The summed E-state index contributed by atoms with van der Waals surface area (Å²) in [6, 6.07) is 8.49. The van der Waals surface area contributed by atoms with Gasteiger partial charge in [-0.1, -0.05) is 17.7 Å². The second-order valence-electron chi connectivity index (χ2n) is 5.73. The zero-order chi connectivity index (χ0) is 18.0. The Labute approximate surface area is 149 Å². The Morgan fingerprint density at radius 1 is 1.20 bits per heavy atom. The van der Waals surface area contributed by atoms with Gasteiger partial charge in [0.1, 0.15) is 5.69 Å². The number of hydrogen-bond acceptors (Lipinski definition) is 4. The molecule has 0 saturated carbocycles. The van der Waals surface area contributed by atoms with E-state index in [2.05, 4.69) is 10.3 Å². The molecular weight excluding hydrogens is 342 g/mol. The van der Waals surface area contributed by atoms with E-state index in [1.165, 1.54) is 6.20 Å². The Morgan fingerprint density at radius 3 is 2.76 bits per heavy atom. The summed E-state index contributed by atoms with van der Waals surface area (Å²) in [6.45, 7) is 2.00. The molecule has 1 aliphatic rings. The second kappa shape index (κ2) is 7.03. The molecule has 1 N–H and O–H groups in total. The fourth-order valence-corrected chi connectivity index (χ4v) is 2.84. The molecule has 0 atom stereocenters. The lowest BCUT2D eigenvalue weighted by molar-refractivity contribution is -0.116. The van der Waals surface area contributed by atoms with Crippen LogP contribution in [0.1, 0.15) is 39.3 Å². The van der Waals surface area contributed by atoms with Gasteiger partial charge in [0.25, 0.3) is 11.8 Å². The summed E-state index contributed by atoms with van der Waals surface area (Å²) in [5.74, 6) is -0.967. The third-order valence-corrected chi connectivity index (χ3v) is 4.47. The number of amides is 3. The van der Waals surface area contributed by atoms with Crippen LogP contribution in [0.5, 0.6) is 0 Å². The minimum Gasteiger partial charge on any atom is -0.326 e. The Bertz CT molecular complexity index is 831. The molecule has 1 aliphatic heterocycles. The number of nitrogens with one attached hydrogen (secondary N) is 1. The second-order valence-corrected chi connectivity index (χ2v) is 6.13. The molecular formula is C18H16ClN3O3. The Balaban J connectivity index is 1.55. The van der Waals surface area contributed by atoms with Crippen molar-refractivity contribution in [2.45, 2.75) is 19.8 Å². The van der Waals surface area contributed by atoms with Crippen LogP contribution < -0.4 is 5.32 Å². The van der Waals surface area contributed by atoms with Crippen LogP contribution in [0.15, 0.2) is 36.5 Å². The fraction of sp³-hybridized carbons (Fsp3) is 0.222. The van der Waals surface area contributed by atoms with Gasteiger partial charge in [0.2, 0.25) is 5.91 Å². The lowest BCUT2D eigenvalue weighted by Gasteiger charge is -2.13. The predicted octanol–water partition coefficient (Wildman–Crippen LogP) is 3.06. The molecule has 1 aromatic heterocycles. The summed E-state index contributed by atoms with van der Waals surface area (Å²) in [5, 5.41) is 3.37. The highest BCUT2D eigenvalue weighted by Gasteiger charge is 2.36. The smallest absolute Gasteiger partial charge is 0.280 e. The van der Waals surface area contributed by atoms with Crippen LogP contribution in [0.4, 0.5) is 5.69 Å². The van der Waals surface area contributed by atoms with E-state index < -0.39 is 5.91 Å². The Hall–Kier alpha value is -2.73. The highest BCUT2D eigenvalue weighted by molar-refractivity contribution is 6.31. The first-order chi connectivity index (χ1) is 12.0. The first kappa shape index (κ1) is 17.1. The third kappa shape index (κ3) is 3.39. The number of halogens is 1. The van der Waals surface area contributed by atoms with E-state index in [1.807, 2.05) is 6.92 Å². The van der Waals surface area contributed by atoms with Crippen molar-refractivity contribution >= 4 is 35.0 Å². The summed E-state index contributed by atoms with van der Waals surface area (Å²) < 4.78 is 0. The fourth-order valence-electron chi connectivity index (χ4n) is 2.67. The average Bonchev–Trinajstić information content (AvgIpc) is 2.84. The van der Waals surface area contributed by atoms with Crippen LogP contribution in [0.3, 0.4) is 0 Å². The molecule has 0 fully saturated rings. The summed E-state index contributed by atoms with van der Waals surface area (Å²) in [5.41, 5.74) is 1.93. The molecule has 3 amide bonds. The van der Waals surface area contributed by atoms with E-state index in [4.69, 9.17) is 11.6 Å². The maximum atomic E-state index is 12.2. The van der Waals surface area contributed by atoms with Gasteiger partial charge in [-0.2, -0.15) is 0 Å². The largest absolute Gasteiger partial charge is 0.326 e. The van der Waals surface area contributed by atoms with Gasteiger partial charge in [0.15, 0.2) is 0 Å². The van der Waals surface area contributed by atoms with Gasteiger partial charge in [0.05, 0.1) is 5.56 Å². The van der Waals surface area contributed by atoms with Crippen LogP contribution in [0.2, 0.25) is 5.02 Å². The lowest BCUT2D eigenvalue weighted by Crippen LogP contribution is -2.31. The standard InChI is InChI=1S/C18H16ClN3O3/c1-11-13(19)6-2-7-14(11)21-15(23)8-4-10-22-17(24)12-5-3-9-20-16(12)18(22)25/h2-3,5-7,9H,4,8,10H2,1H3,(H,21,23). The van der Waals surface area contributed by atoms with Crippen molar-refractivity contribution in [1.82, 2.24) is 9.88 Å². The number of imide groups is 1. The molecule has 25 heavy (non-hydrogen) atoms. The van der Waals surface area contributed by atoms with Crippen LogP contribution in [-0.2, 0) is 4.79 Å². The van der Waals surface area contributed by atoms with Crippen molar-refractivity contribution in [1.29, 1.82) is 0 Å². The number of fused-ring (bicyclic) bond motifs is 1. The molecule has 1 aromatic carbocycles. The first-order valence-electron chi connectivity index (χ1n) is 7.85. The van der Waals surface area contributed by atoms with Crippen LogP contribution >= 0.6 is 11.6 Å². The van der Waals surface area contributed by atoms with Crippen molar-refractivity contribution in [3.8, 4) is 0 Å². The molecule has 0 unspecified atom stereocenters. The molecule has 0 spiro atoms. The van der Waals surface area contributed by atoms with Crippen molar-refractivity contribution in [2.24, 2.45) is 0 Å². The summed E-state index contributed by atoms with van der Waals surface area (Å²) in [6.07, 6.45) is 2.04. The minimum absolute atomic E-state index is 0.173. The molecule has 0 aliphatic carbocycles.